The predicted molar refractivity (Wildman–Crippen MR) is 106 cm³/mol. The van der Waals surface area contributed by atoms with Gasteiger partial charge in [0.2, 0.25) is 5.91 Å². The lowest BCUT2D eigenvalue weighted by Crippen LogP contribution is -2.54. The van der Waals surface area contributed by atoms with Crippen LogP contribution in [-0.4, -0.2) is 23.1 Å². The molecule has 1 aromatic carbocycles. The first-order valence-corrected chi connectivity index (χ1v) is 10.6. The van der Waals surface area contributed by atoms with Crippen LogP contribution in [0.25, 0.3) is 0 Å². The van der Waals surface area contributed by atoms with Crippen molar-refractivity contribution in [3.05, 3.63) is 29.8 Å². The molecule has 1 amide bonds. The number of hydrogen-bond donors (Lipinski definition) is 2. The van der Waals surface area contributed by atoms with Crippen molar-refractivity contribution >= 4 is 11.9 Å². The number of hydrogen-bond acceptors (Lipinski definition) is 3. The van der Waals surface area contributed by atoms with E-state index in [1.165, 1.54) is 19.3 Å². The quantitative estimate of drug-likeness (QED) is 0.733. The summed E-state index contributed by atoms with van der Waals surface area (Å²) in [4.78, 5) is 24.8. The second-order valence-electron chi connectivity index (χ2n) is 9.56. The average molecular weight is 386 g/mol. The molecule has 152 valence electrons. The summed E-state index contributed by atoms with van der Waals surface area (Å²) in [6.45, 7) is 3.93. The Hall–Kier alpha value is -2.04. The monoisotopic (exact) mass is 385 g/mol. The van der Waals surface area contributed by atoms with Gasteiger partial charge in [-0.15, -0.1) is 0 Å². The smallest absolute Gasteiger partial charge is 0.305 e. The van der Waals surface area contributed by atoms with Crippen LogP contribution in [0.15, 0.2) is 24.3 Å². The molecule has 0 saturated heterocycles. The van der Waals surface area contributed by atoms with Crippen molar-refractivity contribution in [2.24, 2.45) is 23.2 Å². The van der Waals surface area contributed by atoms with Crippen molar-refractivity contribution in [3.63, 3.8) is 0 Å². The lowest BCUT2D eigenvalue weighted by atomic mass is 9.49. The van der Waals surface area contributed by atoms with E-state index >= 15 is 0 Å². The fraction of sp³-hybridized carbons (Fsp3) is 0.652. The summed E-state index contributed by atoms with van der Waals surface area (Å²) in [6, 6.07) is 6.92. The van der Waals surface area contributed by atoms with E-state index in [2.05, 4.69) is 5.32 Å². The Balaban J connectivity index is 1.50. The maximum Gasteiger partial charge on any atom is 0.305 e. The van der Waals surface area contributed by atoms with E-state index in [0.717, 1.165) is 30.6 Å². The minimum absolute atomic E-state index is 0.0698. The van der Waals surface area contributed by atoms with Crippen LogP contribution in [0.2, 0.25) is 0 Å². The second kappa shape index (κ2) is 7.41. The van der Waals surface area contributed by atoms with E-state index in [4.69, 9.17) is 4.74 Å². The first kappa shape index (κ1) is 19.3. The van der Waals surface area contributed by atoms with Crippen LogP contribution < -0.4 is 10.1 Å². The molecule has 1 atom stereocenters. The van der Waals surface area contributed by atoms with Crippen LogP contribution in [0.4, 0.5) is 0 Å². The summed E-state index contributed by atoms with van der Waals surface area (Å²) in [7, 11) is 0. The zero-order valence-corrected chi connectivity index (χ0v) is 16.8. The zero-order valence-electron chi connectivity index (χ0n) is 16.8. The van der Waals surface area contributed by atoms with Crippen LogP contribution in [0.3, 0.4) is 0 Å². The van der Waals surface area contributed by atoms with E-state index in [0.29, 0.717) is 17.8 Å². The van der Waals surface area contributed by atoms with Crippen molar-refractivity contribution in [2.75, 3.05) is 0 Å². The topological polar surface area (TPSA) is 75.6 Å². The van der Waals surface area contributed by atoms with Gasteiger partial charge in [0.05, 0.1) is 18.6 Å². The number of carboxylic acid groups (broad SMARTS) is 1. The lowest BCUT2D eigenvalue weighted by Gasteiger charge is -2.55. The Labute approximate surface area is 166 Å². The van der Waals surface area contributed by atoms with Gasteiger partial charge >= 0.3 is 5.97 Å². The molecule has 0 aromatic heterocycles. The van der Waals surface area contributed by atoms with Gasteiger partial charge in [-0.2, -0.15) is 0 Å². The van der Waals surface area contributed by atoms with Crippen LogP contribution in [0.5, 0.6) is 5.75 Å². The third-order valence-electron chi connectivity index (χ3n) is 6.86. The van der Waals surface area contributed by atoms with E-state index in [1.54, 1.807) is 0 Å². The number of benzene rings is 1. The molecule has 0 radical (unpaired) electrons. The van der Waals surface area contributed by atoms with Crippen molar-refractivity contribution in [1.29, 1.82) is 0 Å². The molecule has 4 aliphatic rings. The molecule has 4 bridgehead atoms. The van der Waals surface area contributed by atoms with Gasteiger partial charge in [-0.25, -0.2) is 0 Å². The first-order valence-electron chi connectivity index (χ1n) is 10.6. The van der Waals surface area contributed by atoms with E-state index < -0.39 is 12.0 Å². The Kier molecular flexibility index (Phi) is 5.11. The summed E-state index contributed by atoms with van der Waals surface area (Å²) in [5.41, 5.74) is 0.545. The molecule has 4 fully saturated rings. The summed E-state index contributed by atoms with van der Waals surface area (Å²) in [5.74, 6) is 1.96. The Bertz CT molecular complexity index is 704. The molecule has 28 heavy (non-hydrogen) atoms. The molecule has 0 heterocycles. The molecule has 5 rings (SSSR count). The third kappa shape index (κ3) is 3.89. The molecule has 1 aromatic rings. The second-order valence-corrected chi connectivity index (χ2v) is 9.56. The summed E-state index contributed by atoms with van der Waals surface area (Å²) < 4.78 is 5.67. The molecule has 5 nitrogen and oxygen atoms in total. The maximum atomic E-state index is 13.3. The molecule has 4 aliphatic carbocycles. The van der Waals surface area contributed by atoms with Crippen LogP contribution >= 0.6 is 0 Å². The average Bonchev–Trinajstić information content (AvgIpc) is 2.59. The minimum atomic E-state index is -0.904. The summed E-state index contributed by atoms with van der Waals surface area (Å²) in [5, 5.41) is 12.5. The third-order valence-corrected chi connectivity index (χ3v) is 6.86. The van der Waals surface area contributed by atoms with Crippen LogP contribution in [-0.2, 0) is 9.59 Å². The highest BCUT2D eigenvalue weighted by Gasteiger charge is 2.54. The molecule has 0 spiro atoms. The zero-order chi connectivity index (χ0) is 19.9. The van der Waals surface area contributed by atoms with E-state index in [1.807, 2.05) is 38.1 Å². The van der Waals surface area contributed by atoms with Crippen molar-refractivity contribution in [3.8, 4) is 5.75 Å². The predicted octanol–water partition coefficient (Wildman–Crippen LogP) is 4.32. The van der Waals surface area contributed by atoms with Crippen LogP contribution in [0.1, 0.15) is 70.4 Å². The van der Waals surface area contributed by atoms with E-state index in [9.17, 15) is 14.7 Å². The van der Waals surface area contributed by atoms with Gasteiger partial charge in [0, 0.05) is 5.41 Å². The summed E-state index contributed by atoms with van der Waals surface area (Å²) >= 11 is 0. The number of carbonyl (C=O) groups is 2. The first-order chi connectivity index (χ1) is 13.3. The van der Waals surface area contributed by atoms with Gasteiger partial charge < -0.3 is 15.2 Å². The number of carbonyl (C=O) groups excluding carboxylic acids is 1. The van der Waals surface area contributed by atoms with Crippen molar-refractivity contribution in [1.82, 2.24) is 5.32 Å². The highest BCUT2D eigenvalue weighted by atomic mass is 16.5. The molecule has 1 unspecified atom stereocenters. The normalized spacial score (nSPS) is 31.6. The van der Waals surface area contributed by atoms with Gasteiger partial charge in [-0.3, -0.25) is 9.59 Å². The number of rotatable bonds is 7. The number of aliphatic carboxylic acids is 1. The molecule has 0 aliphatic heterocycles. The van der Waals surface area contributed by atoms with E-state index in [-0.39, 0.29) is 23.8 Å². The number of amides is 1. The standard InChI is InChI=1S/C23H31NO4/c1-14(2)28-19-5-3-18(4-6-19)20(10-21(25)26)24-22(27)23-11-15-7-16(12-23)9-17(8-15)13-23/h3-6,14-17,20H,7-13H2,1-2H3,(H,24,27)(H,25,26). The maximum absolute atomic E-state index is 13.3. The highest BCUT2D eigenvalue weighted by molar-refractivity contribution is 5.84. The molecular formula is C23H31NO4. The molecule has 5 heteroatoms. The Morgan fingerprint density at radius 2 is 1.61 bits per heavy atom. The lowest BCUT2D eigenvalue weighted by molar-refractivity contribution is -0.147. The number of ether oxygens (including phenoxy) is 1. The van der Waals surface area contributed by atoms with Crippen LogP contribution in [0, 0.1) is 23.2 Å². The Morgan fingerprint density at radius 1 is 1.07 bits per heavy atom. The fourth-order valence-electron chi connectivity index (χ4n) is 6.18. The number of carboxylic acids is 1. The molecular weight excluding hydrogens is 354 g/mol. The van der Waals surface area contributed by atoms with Gasteiger partial charge in [-0.1, -0.05) is 12.1 Å². The van der Waals surface area contributed by atoms with Crippen molar-refractivity contribution < 1.29 is 19.4 Å². The van der Waals surface area contributed by atoms with Gasteiger partial charge in [0.15, 0.2) is 0 Å². The highest BCUT2D eigenvalue weighted by Crippen LogP contribution is 2.60. The number of nitrogens with one attached hydrogen (secondary N) is 1. The van der Waals surface area contributed by atoms with Crippen molar-refractivity contribution in [2.45, 2.75) is 70.9 Å². The summed E-state index contributed by atoms with van der Waals surface area (Å²) in [6.07, 6.45) is 6.75. The fourth-order valence-corrected chi connectivity index (χ4v) is 6.18. The van der Waals surface area contributed by atoms with Gasteiger partial charge in [-0.05, 0) is 87.8 Å². The van der Waals surface area contributed by atoms with Gasteiger partial charge in [0.1, 0.15) is 5.75 Å². The SMILES string of the molecule is CC(C)Oc1ccc(C(CC(=O)O)NC(=O)C23CC4CC(CC(C4)C2)C3)cc1. The molecule has 2 N–H and O–H groups in total. The minimum Gasteiger partial charge on any atom is -0.491 e. The van der Waals surface area contributed by atoms with Gasteiger partial charge in [0.25, 0.3) is 0 Å². The largest absolute Gasteiger partial charge is 0.491 e. The Morgan fingerprint density at radius 3 is 2.07 bits per heavy atom. The molecule has 4 saturated carbocycles.